The van der Waals surface area contributed by atoms with E-state index in [0.29, 0.717) is 60.9 Å². The number of alkyl carbamates (subject to hydrolysis) is 1. The van der Waals surface area contributed by atoms with E-state index in [9.17, 15) is 24.6 Å². The maximum Gasteiger partial charge on any atom is 0.411 e. The molecule has 1 unspecified atom stereocenters. The van der Waals surface area contributed by atoms with Crippen molar-refractivity contribution in [3.05, 3.63) is 101 Å². The van der Waals surface area contributed by atoms with Gasteiger partial charge >= 0.3 is 6.09 Å². The van der Waals surface area contributed by atoms with Crippen molar-refractivity contribution in [3.8, 4) is 35.2 Å². The van der Waals surface area contributed by atoms with Crippen LogP contribution in [0.25, 0.3) is 16.5 Å². The number of Topliss-reactive ketones (excluding diaryl/α,β-unsaturated/α-hetero) is 1. The van der Waals surface area contributed by atoms with Crippen molar-refractivity contribution in [2.45, 2.75) is 99.6 Å². The quantitative estimate of drug-likeness (QED) is 0.0611. The van der Waals surface area contributed by atoms with E-state index in [1.165, 1.54) is 7.11 Å². The molecule has 1 aliphatic carbocycles. The molecule has 0 fully saturated rings. The number of methoxy groups -OCH3 is 1. The molecular formula is C55H68N4O8S3. The predicted octanol–water partition coefficient (Wildman–Crippen LogP) is 11.0. The maximum atomic E-state index is 14.1. The van der Waals surface area contributed by atoms with Gasteiger partial charge in [-0.15, -0.1) is 5.92 Å². The Hall–Kier alpha value is -5.29. The third-order valence-electron chi connectivity index (χ3n) is 13.5. The number of carbonyl (C=O) groups excluding carboxylic acids is 3. The van der Waals surface area contributed by atoms with E-state index in [-0.39, 0.29) is 41.8 Å². The molecular weight excluding hydrogens is 941 g/mol. The topological polar surface area (TPSA) is 160 Å². The summed E-state index contributed by atoms with van der Waals surface area (Å²) in [6.45, 7) is 18.5. The van der Waals surface area contributed by atoms with E-state index in [1.807, 2.05) is 63.2 Å². The summed E-state index contributed by atoms with van der Waals surface area (Å²) in [7, 11) is 6.40. The zero-order valence-corrected chi connectivity index (χ0v) is 44.8. The highest BCUT2D eigenvalue weighted by molar-refractivity contribution is 9.09. The van der Waals surface area contributed by atoms with Gasteiger partial charge in [0, 0.05) is 66.4 Å². The van der Waals surface area contributed by atoms with E-state index in [0.717, 1.165) is 45.4 Å². The Balaban J connectivity index is 0.000000301. The Morgan fingerprint density at radius 2 is 1.69 bits per heavy atom. The molecule has 12 nitrogen and oxygen atoms in total. The van der Waals surface area contributed by atoms with Crippen LogP contribution in [0, 0.1) is 39.9 Å². The highest BCUT2D eigenvalue weighted by Crippen LogP contribution is 2.44. The second-order valence-electron chi connectivity index (χ2n) is 19.7. The summed E-state index contributed by atoms with van der Waals surface area (Å²) in [5.41, 5.74) is 4.14. The molecule has 1 atom stereocenters. The minimum absolute atomic E-state index is 0.0234. The number of hydrogen-bond donors (Lipinski definition) is 4. The van der Waals surface area contributed by atoms with Crippen molar-refractivity contribution in [1.29, 1.82) is 0 Å². The van der Waals surface area contributed by atoms with Gasteiger partial charge in [0.25, 0.3) is 5.91 Å². The predicted molar refractivity (Wildman–Crippen MR) is 288 cm³/mol. The van der Waals surface area contributed by atoms with Crippen LogP contribution in [0.4, 0.5) is 10.5 Å². The Morgan fingerprint density at radius 1 is 0.971 bits per heavy atom. The van der Waals surface area contributed by atoms with Crippen LogP contribution in [-0.2, 0) is 9.53 Å². The van der Waals surface area contributed by atoms with Gasteiger partial charge in [-0.3, -0.25) is 19.9 Å². The van der Waals surface area contributed by atoms with Crippen LogP contribution >= 0.6 is 31.4 Å². The van der Waals surface area contributed by atoms with Crippen LogP contribution in [-0.4, -0.2) is 95.0 Å². The Bertz CT molecular complexity index is 2660. The van der Waals surface area contributed by atoms with E-state index in [1.54, 1.807) is 76.6 Å². The number of aliphatic hydroxyl groups is 2. The monoisotopic (exact) mass is 1010 g/mol. The molecule has 0 saturated heterocycles. The molecule has 70 heavy (non-hydrogen) atoms. The molecule has 6 rings (SSSR count). The highest BCUT2D eigenvalue weighted by atomic mass is 33.5. The summed E-state index contributed by atoms with van der Waals surface area (Å²) in [5.74, 6) is 13.1. The second kappa shape index (κ2) is 24.7. The molecule has 374 valence electrons. The van der Waals surface area contributed by atoms with Gasteiger partial charge in [0.05, 0.1) is 54.4 Å². The lowest BCUT2D eigenvalue weighted by atomic mass is 9.69. The molecule has 0 bridgehead atoms. The lowest BCUT2D eigenvalue weighted by Gasteiger charge is -2.40. The van der Waals surface area contributed by atoms with Crippen molar-refractivity contribution in [1.82, 2.24) is 15.2 Å². The van der Waals surface area contributed by atoms with Gasteiger partial charge in [-0.25, -0.2) is 4.79 Å². The zero-order valence-electron chi connectivity index (χ0n) is 42.3. The first-order valence-corrected chi connectivity index (χ1v) is 27.3. The maximum absolute atomic E-state index is 14.1. The highest BCUT2D eigenvalue weighted by Gasteiger charge is 2.40. The van der Waals surface area contributed by atoms with Crippen molar-refractivity contribution >= 4 is 71.4 Å². The SMILES string of the molecule is CC#C/C=C\C#CCC1=C(NC(=O)OC)C(=O)CC/C1=C/CSSSC.CC(C)(O)C(C)(C)COc1cc2c(cc1OCC(C)(C)C(C)(C)CO)NCC1CC(c3ccc4ncccc4c3)=CN1C2=O. The molecule has 0 spiro atoms. The minimum Gasteiger partial charge on any atom is -0.489 e. The Labute approximate surface area is 426 Å². The van der Waals surface area contributed by atoms with E-state index < -0.39 is 17.1 Å². The Morgan fingerprint density at radius 3 is 2.37 bits per heavy atom. The number of rotatable bonds is 16. The summed E-state index contributed by atoms with van der Waals surface area (Å²) < 4.78 is 17.4. The van der Waals surface area contributed by atoms with Crippen LogP contribution < -0.4 is 20.1 Å². The van der Waals surface area contributed by atoms with E-state index >= 15 is 0 Å². The average molecular weight is 1010 g/mol. The molecule has 3 aromatic rings. The number of carbonyl (C=O) groups is 3. The standard InChI is InChI=1S/C36H47N3O5.C19H21NO3S3/c1-33(2,20-40)34(3,4)21-43-31-17-29-27(16-30(31)44-22-35(5,6)36(7,8)42)32(41)39-19-25(15-26(39)18-38-29)23-11-12-28-24(14-23)10-9-13-37-28;1-4-5-6-7-8-9-10-16-15(13-14-25-26-24-3)11-12-17(21)18(16)20-19(22)23-2/h9-14,16-17,19,26,38,40,42H,15,18,20-22H2,1-8H3;6-7,13H,10-12,14H2,1-3H3,(H,20,22)/b;7-6-,15-13-. The van der Waals surface area contributed by atoms with E-state index in [2.05, 4.69) is 82.2 Å². The molecule has 3 heterocycles. The number of nitrogens with zero attached hydrogens (tertiary/aromatic N) is 2. The van der Waals surface area contributed by atoms with Crippen LogP contribution in [0.3, 0.4) is 0 Å². The number of pyridine rings is 1. The largest absolute Gasteiger partial charge is 0.489 e. The van der Waals surface area contributed by atoms with Crippen molar-refractivity contribution in [2.24, 2.45) is 16.2 Å². The second-order valence-corrected chi connectivity index (χ2v) is 24.1. The molecule has 1 aromatic heterocycles. The first kappa shape index (κ1) is 55.6. The van der Waals surface area contributed by atoms with E-state index in [4.69, 9.17) is 9.47 Å². The number of nitrogens with one attached hydrogen (secondary N) is 2. The van der Waals surface area contributed by atoms with Crippen LogP contribution in [0.15, 0.2) is 89.9 Å². The molecule has 15 heteroatoms. The lowest BCUT2D eigenvalue weighted by Crippen LogP contribution is -2.43. The fraction of sp³-hybridized carbons (Fsp3) is 0.455. The normalized spacial score (nSPS) is 16.7. The summed E-state index contributed by atoms with van der Waals surface area (Å²) >= 11 is 0. The number of amides is 2. The van der Waals surface area contributed by atoms with Crippen LogP contribution in [0.5, 0.6) is 11.5 Å². The summed E-state index contributed by atoms with van der Waals surface area (Å²) in [6.07, 6.45) is 12.7. The van der Waals surface area contributed by atoms with Crippen molar-refractivity contribution in [2.75, 3.05) is 50.8 Å². The van der Waals surface area contributed by atoms with Gasteiger partial charge in [-0.2, -0.15) is 0 Å². The summed E-state index contributed by atoms with van der Waals surface area (Å²) in [5, 5.41) is 27.9. The Kier molecular flexibility index (Phi) is 19.6. The summed E-state index contributed by atoms with van der Waals surface area (Å²) in [6, 6.07) is 13.8. The molecule has 3 aliphatic rings. The van der Waals surface area contributed by atoms with Crippen LogP contribution in [0.1, 0.15) is 104 Å². The number of anilines is 1. The fourth-order valence-corrected chi connectivity index (χ4v) is 9.72. The van der Waals surface area contributed by atoms with Gasteiger partial charge < -0.3 is 34.6 Å². The van der Waals surface area contributed by atoms with Gasteiger partial charge in [0.1, 0.15) is 0 Å². The molecule has 0 radical (unpaired) electrons. The molecule has 0 saturated carbocycles. The number of aliphatic hydroxyl groups excluding tert-OH is 1. The third kappa shape index (κ3) is 14.2. The number of ketones is 1. The van der Waals surface area contributed by atoms with Crippen LogP contribution in [0.2, 0.25) is 0 Å². The first-order valence-electron chi connectivity index (χ1n) is 23.2. The average Bonchev–Trinajstić information content (AvgIpc) is 3.72. The molecule has 2 amide bonds. The first-order chi connectivity index (χ1) is 33.2. The zero-order chi connectivity index (χ0) is 51.3. The third-order valence-corrected chi connectivity index (χ3v) is 17.3. The summed E-state index contributed by atoms with van der Waals surface area (Å²) in [4.78, 5) is 44.3. The number of hydrogen-bond acceptors (Lipinski definition) is 13. The van der Waals surface area contributed by atoms with Crippen molar-refractivity contribution < 1.29 is 38.8 Å². The number of ether oxygens (including phenoxy) is 3. The lowest BCUT2D eigenvalue weighted by molar-refractivity contribution is -0.116. The number of benzene rings is 2. The smallest absolute Gasteiger partial charge is 0.411 e. The molecule has 2 aliphatic heterocycles. The molecule has 2 aromatic carbocycles. The number of allylic oxidation sites excluding steroid dienone is 5. The van der Waals surface area contributed by atoms with Gasteiger partial charge in [-0.05, 0) is 114 Å². The minimum atomic E-state index is -0.993. The van der Waals surface area contributed by atoms with Gasteiger partial charge in [0.15, 0.2) is 17.3 Å². The number of aromatic nitrogens is 1. The molecule has 4 N–H and O–H groups in total. The number of fused-ring (bicyclic) bond motifs is 3. The fourth-order valence-electron chi connectivity index (χ4n) is 7.27. The van der Waals surface area contributed by atoms with Gasteiger partial charge in [-0.1, -0.05) is 99.1 Å². The van der Waals surface area contributed by atoms with Gasteiger partial charge in [0.2, 0.25) is 0 Å². The van der Waals surface area contributed by atoms with Crippen molar-refractivity contribution in [3.63, 3.8) is 0 Å².